The highest BCUT2D eigenvalue weighted by molar-refractivity contribution is 7.12. The zero-order valence-electron chi connectivity index (χ0n) is 11.7. The van der Waals surface area contributed by atoms with Gasteiger partial charge in [-0.1, -0.05) is 0 Å². The molecule has 21 heavy (non-hydrogen) atoms. The molecule has 0 aliphatic carbocycles. The van der Waals surface area contributed by atoms with Crippen molar-refractivity contribution in [2.45, 2.75) is 31.7 Å². The molecular weight excluding hydrogens is 290 g/mol. The standard InChI is InChI=1S/C15H19NO4S/c17-9-6-12-3-1-2-8-16(12)15(20)14-11(7-10-21-14)4-5-13(18)19/h4-5,7,10,12,17H,1-3,6,8-9H2,(H,18,19). The minimum absolute atomic E-state index is 0.0619. The Hall–Kier alpha value is -1.66. The van der Waals surface area contributed by atoms with Crippen LogP contribution in [0, 0.1) is 0 Å². The first-order valence-electron chi connectivity index (χ1n) is 7.04. The molecule has 1 aromatic heterocycles. The zero-order valence-corrected chi connectivity index (χ0v) is 12.5. The summed E-state index contributed by atoms with van der Waals surface area (Å²) in [5.74, 6) is -1.09. The minimum Gasteiger partial charge on any atom is -0.478 e. The van der Waals surface area contributed by atoms with Gasteiger partial charge in [0, 0.05) is 25.3 Å². The average molecular weight is 309 g/mol. The maximum atomic E-state index is 12.7. The van der Waals surface area contributed by atoms with Gasteiger partial charge in [0.05, 0.1) is 4.88 Å². The molecular formula is C15H19NO4S. The molecule has 2 N–H and O–H groups in total. The van der Waals surface area contributed by atoms with Crippen molar-refractivity contribution in [3.05, 3.63) is 28.0 Å². The van der Waals surface area contributed by atoms with Crippen LogP contribution in [0.3, 0.4) is 0 Å². The topological polar surface area (TPSA) is 77.8 Å². The van der Waals surface area contributed by atoms with Gasteiger partial charge in [0.1, 0.15) is 0 Å². The summed E-state index contributed by atoms with van der Waals surface area (Å²) in [6.07, 6.45) is 6.05. The Balaban J connectivity index is 2.18. The van der Waals surface area contributed by atoms with E-state index in [9.17, 15) is 9.59 Å². The van der Waals surface area contributed by atoms with Gasteiger partial charge >= 0.3 is 5.97 Å². The number of amides is 1. The van der Waals surface area contributed by atoms with Crippen molar-refractivity contribution in [2.75, 3.05) is 13.2 Å². The third-order valence-electron chi connectivity index (χ3n) is 3.65. The van der Waals surface area contributed by atoms with Crippen LogP contribution in [0.1, 0.15) is 40.9 Å². The monoisotopic (exact) mass is 309 g/mol. The Morgan fingerprint density at radius 3 is 2.95 bits per heavy atom. The molecule has 0 spiro atoms. The molecule has 2 rings (SSSR count). The van der Waals surface area contributed by atoms with Gasteiger partial charge < -0.3 is 15.1 Å². The number of aliphatic hydroxyl groups excluding tert-OH is 1. The summed E-state index contributed by atoms with van der Waals surface area (Å²) in [7, 11) is 0. The van der Waals surface area contributed by atoms with E-state index in [2.05, 4.69) is 0 Å². The number of hydrogen-bond donors (Lipinski definition) is 2. The lowest BCUT2D eigenvalue weighted by Gasteiger charge is -2.35. The summed E-state index contributed by atoms with van der Waals surface area (Å²) in [6, 6.07) is 1.83. The lowest BCUT2D eigenvalue weighted by molar-refractivity contribution is -0.131. The molecule has 0 saturated carbocycles. The van der Waals surface area contributed by atoms with Crippen LogP contribution < -0.4 is 0 Å². The molecule has 1 fully saturated rings. The summed E-state index contributed by atoms with van der Waals surface area (Å²) in [5.41, 5.74) is 0.640. The maximum absolute atomic E-state index is 12.7. The quantitative estimate of drug-likeness (QED) is 0.818. The number of carbonyl (C=O) groups excluding carboxylic acids is 1. The largest absolute Gasteiger partial charge is 0.478 e. The molecule has 6 heteroatoms. The summed E-state index contributed by atoms with van der Waals surface area (Å²) in [6.45, 7) is 0.772. The number of hydrogen-bond acceptors (Lipinski definition) is 4. The van der Waals surface area contributed by atoms with Crippen molar-refractivity contribution in [3.63, 3.8) is 0 Å². The van der Waals surface area contributed by atoms with E-state index in [4.69, 9.17) is 10.2 Å². The molecule has 0 aromatic carbocycles. The molecule has 5 nitrogen and oxygen atoms in total. The molecule has 1 saturated heterocycles. The fourth-order valence-corrected chi connectivity index (χ4v) is 3.47. The normalized spacial score (nSPS) is 19.1. The first-order valence-corrected chi connectivity index (χ1v) is 7.91. The van der Waals surface area contributed by atoms with Crippen LogP contribution >= 0.6 is 11.3 Å². The Bertz CT molecular complexity index is 536. The summed E-state index contributed by atoms with van der Waals surface area (Å²) >= 11 is 1.33. The smallest absolute Gasteiger partial charge is 0.328 e. The van der Waals surface area contributed by atoms with Crippen molar-refractivity contribution in [2.24, 2.45) is 0 Å². The Morgan fingerprint density at radius 2 is 2.24 bits per heavy atom. The van der Waals surface area contributed by atoms with E-state index in [1.165, 1.54) is 17.4 Å². The predicted octanol–water partition coefficient (Wildman–Crippen LogP) is 2.22. The zero-order chi connectivity index (χ0) is 15.2. The third-order valence-corrected chi connectivity index (χ3v) is 4.56. The first kappa shape index (κ1) is 15.7. The molecule has 0 radical (unpaired) electrons. The number of likely N-dealkylation sites (tertiary alicyclic amines) is 1. The van der Waals surface area contributed by atoms with Gasteiger partial charge in [0.25, 0.3) is 5.91 Å². The van der Waals surface area contributed by atoms with Crippen molar-refractivity contribution in [1.82, 2.24) is 4.90 Å². The summed E-state index contributed by atoms with van der Waals surface area (Å²) in [4.78, 5) is 25.7. The van der Waals surface area contributed by atoms with Crippen LogP contribution in [0.15, 0.2) is 17.5 Å². The second kappa shape index (κ2) is 7.38. The number of carbonyl (C=O) groups is 2. The lowest BCUT2D eigenvalue weighted by Crippen LogP contribution is -2.44. The predicted molar refractivity (Wildman–Crippen MR) is 81.4 cm³/mol. The highest BCUT2D eigenvalue weighted by atomic mass is 32.1. The fraction of sp³-hybridized carbons (Fsp3) is 0.467. The minimum atomic E-state index is -1.03. The van der Waals surface area contributed by atoms with Gasteiger partial charge in [-0.2, -0.15) is 0 Å². The molecule has 2 heterocycles. The van der Waals surface area contributed by atoms with Crippen molar-refractivity contribution in [3.8, 4) is 0 Å². The molecule has 1 amide bonds. The highest BCUT2D eigenvalue weighted by Gasteiger charge is 2.28. The van der Waals surface area contributed by atoms with E-state index in [-0.39, 0.29) is 18.6 Å². The van der Waals surface area contributed by atoms with Crippen LogP contribution in [-0.2, 0) is 4.79 Å². The Morgan fingerprint density at radius 1 is 1.43 bits per heavy atom. The van der Waals surface area contributed by atoms with Gasteiger partial charge in [0.15, 0.2) is 0 Å². The molecule has 1 aliphatic heterocycles. The number of aliphatic carboxylic acids is 1. The van der Waals surface area contributed by atoms with Crippen molar-refractivity contribution in [1.29, 1.82) is 0 Å². The first-order chi connectivity index (χ1) is 10.1. The summed E-state index contributed by atoms with van der Waals surface area (Å²) in [5, 5.41) is 19.6. The van der Waals surface area contributed by atoms with Crippen LogP contribution in [0.2, 0.25) is 0 Å². The van der Waals surface area contributed by atoms with Crippen LogP contribution in [0.4, 0.5) is 0 Å². The molecule has 1 aromatic rings. The van der Waals surface area contributed by atoms with E-state index in [1.807, 2.05) is 4.90 Å². The van der Waals surface area contributed by atoms with Crippen LogP contribution in [0.5, 0.6) is 0 Å². The number of nitrogens with zero attached hydrogens (tertiary/aromatic N) is 1. The second-order valence-electron chi connectivity index (χ2n) is 5.04. The van der Waals surface area contributed by atoms with E-state index in [0.717, 1.165) is 25.3 Å². The van der Waals surface area contributed by atoms with Gasteiger partial charge in [0.2, 0.25) is 0 Å². The maximum Gasteiger partial charge on any atom is 0.328 e. The van der Waals surface area contributed by atoms with E-state index in [0.29, 0.717) is 23.4 Å². The summed E-state index contributed by atoms with van der Waals surface area (Å²) < 4.78 is 0. The molecule has 114 valence electrons. The number of rotatable bonds is 5. The highest BCUT2D eigenvalue weighted by Crippen LogP contribution is 2.26. The number of aliphatic hydroxyl groups is 1. The van der Waals surface area contributed by atoms with Gasteiger partial charge in [-0.15, -0.1) is 11.3 Å². The van der Waals surface area contributed by atoms with Crippen molar-refractivity contribution < 1.29 is 19.8 Å². The molecule has 1 aliphatic rings. The average Bonchev–Trinajstić information content (AvgIpc) is 2.94. The van der Waals surface area contributed by atoms with Gasteiger partial charge in [-0.25, -0.2) is 4.79 Å². The number of carboxylic acids is 1. The van der Waals surface area contributed by atoms with E-state index >= 15 is 0 Å². The van der Waals surface area contributed by atoms with E-state index in [1.54, 1.807) is 11.4 Å². The number of carboxylic acid groups (broad SMARTS) is 1. The van der Waals surface area contributed by atoms with Crippen LogP contribution in [0.25, 0.3) is 6.08 Å². The number of thiophene rings is 1. The van der Waals surface area contributed by atoms with Crippen molar-refractivity contribution >= 4 is 29.3 Å². The SMILES string of the molecule is O=C(O)C=Cc1ccsc1C(=O)N1CCCCC1CCO. The van der Waals surface area contributed by atoms with Crippen LogP contribution in [-0.4, -0.2) is 46.2 Å². The molecule has 0 bridgehead atoms. The Kier molecular flexibility index (Phi) is 5.52. The molecule has 1 unspecified atom stereocenters. The Labute approximate surface area is 127 Å². The number of piperidine rings is 1. The van der Waals surface area contributed by atoms with Gasteiger partial charge in [-0.3, -0.25) is 4.79 Å². The third kappa shape index (κ3) is 3.92. The van der Waals surface area contributed by atoms with Gasteiger partial charge in [-0.05, 0) is 48.8 Å². The molecule has 1 atom stereocenters. The second-order valence-corrected chi connectivity index (χ2v) is 5.95. The lowest BCUT2D eigenvalue weighted by atomic mass is 9.99. The fourth-order valence-electron chi connectivity index (χ4n) is 2.63. The van der Waals surface area contributed by atoms with E-state index < -0.39 is 5.97 Å².